The van der Waals surface area contributed by atoms with Crippen LogP contribution in [0.2, 0.25) is 0 Å². The van der Waals surface area contributed by atoms with Crippen LogP contribution in [0, 0.1) is 0 Å². The third-order valence-corrected chi connectivity index (χ3v) is 7.06. The molecular formula is C30H35N7O2. The Morgan fingerprint density at radius 2 is 1.85 bits per heavy atom. The van der Waals surface area contributed by atoms with Gasteiger partial charge in [0, 0.05) is 43.9 Å². The third kappa shape index (κ3) is 6.26. The Morgan fingerprint density at radius 1 is 1.05 bits per heavy atom. The molecule has 1 amide bonds. The van der Waals surface area contributed by atoms with Gasteiger partial charge in [-0.3, -0.25) is 9.78 Å². The molecule has 5 rings (SSSR count). The number of para-hydroxylation sites is 1. The summed E-state index contributed by atoms with van der Waals surface area (Å²) in [5.41, 5.74) is 8.99. The lowest BCUT2D eigenvalue weighted by atomic mass is 10.0. The van der Waals surface area contributed by atoms with Crippen LogP contribution in [0.4, 0.5) is 11.6 Å². The first-order valence-corrected chi connectivity index (χ1v) is 13.4. The number of hydrogen-bond donors (Lipinski definition) is 1. The molecule has 0 unspecified atom stereocenters. The van der Waals surface area contributed by atoms with Crippen molar-refractivity contribution in [2.24, 2.45) is 0 Å². The Kier molecular flexibility index (Phi) is 8.17. The maximum atomic E-state index is 12.6. The summed E-state index contributed by atoms with van der Waals surface area (Å²) >= 11 is 0. The first kappa shape index (κ1) is 26.4. The van der Waals surface area contributed by atoms with E-state index < -0.39 is 0 Å². The number of fused-ring (bicyclic) bond motifs is 1. The average Bonchev–Trinajstić information content (AvgIpc) is 3.15. The molecule has 39 heavy (non-hydrogen) atoms. The second kappa shape index (κ2) is 12.1. The summed E-state index contributed by atoms with van der Waals surface area (Å²) < 4.78 is 5.92. The van der Waals surface area contributed by atoms with Crippen molar-refractivity contribution >= 4 is 23.1 Å². The molecule has 2 aliphatic heterocycles. The Hall–Kier alpha value is -4.24. The fourth-order valence-corrected chi connectivity index (χ4v) is 5.10. The summed E-state index contributed by atoms with van der Waals surface area (Å²) in [6.45, 7) is 2.99. The number of anilines is 2. The summed E-state index contributed by atoms with van der Waals surface area (Å²) in [5, 5.41) is 0. The van der Waals surface area contributed by atoms with Gasteiger partial charge in [-0.25, -0.2) is 9.97 Å². The highest BCUT2D eigenvalue weighted by Gasteiger charge is 2.31. The van der Waals surface area contributed by atoms with Gasteiger partial charge in [0.1, 0.15) is 29.5 Å². The van der Waals surface area contributed by atoms with E-state index in [1.807, 2.05) is 72.4 Å². The number of ether oxygens (including phenoxy) is 1. The molecule has 1 aromatic carbocycles. The van der Waals surface area contributed by atoms with Gasteiger partial charge in [-0.15, -0.1) is 0 Å². The van der Waals surface area contributed by atoms with Crippen LogP contribution in [0.25, 0.3) is 5.57 Å². The van der Waals surface area contributed by atoms with Crippen molar-refractivity contribution in [2.45, 2.75) is 25.3 Å². The highest BCUT2D eigenvalue weighted by Crippen LogP contribution is 2.38. The monoisotopic (exact) mass is 525 g/mol. The fourth-order valence-electron chi connectivity index (χ4n) is 5.10. The summed E-state index contributed by atoms with van der Waals surface area (Å²) in [4.78, 5) is 32.7. The molecule has 9 nitrogen and oxygen atoms in total. The van der Waals surface area contributed by atoms with Gasteiger partial charge in [-0.05, 0) is 57.6 Å². The van der Waals surface area contributed by atoms with E-state index in [-0.39, 0.29) is 11.9 Å². The minimum atomic E-state index is 0.0767. The molecule has 0 spiro atoms. The van der Waals surface area contributed by atoms with E-state index in [0.717, 1.165) is 60.7 Å². The molecule has 0 saturated carbocycles. The molecule has 2 N–H and O–H groups in total. The van der Waals surface area contributed by atoms with Crippen molar-refractivity contribution < 1.29 is 9.53 Å². The van der Waals surface area contributed by atoms with Crippen molar-refractivity contribution in [1.82, 2.24) is 24.8 Å². The molecule has 0 atom stereocenters. The van der Waals surface area contributed by atoms with Gasteiger partial charge < -0.3 is 25.2 Å². The number of benzene rings is 1. The normalized spacial score (nSPS) is 16.2. The number of carbonyl (C=O) groups excluding carboxylic acids is 1. The van der Waals surface area contributed by atoms with Gasteiger partial charge in [0.05, 0.1) is 17.5 Å². The number of aromatic nitrogens is 3. The van der Waals surface area contributed by atoms with E-state index in [2.05, 4.69) is 16.0 Å². The largest absolute Gasteiger partial charge is 0.456 e. The maximum absolute atomic E-state index is 12.6. The summed E-state index contributed by atoms with van der Waals surface area (Å²) in [7, 11) is 3.98. The summed E-state index contributed by atoms with van der Waals surface area (Å²) in [5.74, 6) is 2.76. The molecule has 0 bridgehead atoms. The molecule has 0 aliphatic carbocycles. The number of nitrogens with zero attached hydrogens (tertiary/aromatic N) is 6. The van der Waals surface area contributed by atoms with Crippen LogP contribution in [0.15, 0.2) is 73.2 Å². The lowest BCUT2D eigenvalue weighted by Crippen LogP contribution is -2.47. The lowest BCUT2D eigenvalue weighted by Gasteiger charge is -2.39. The number of carbonyl (C=O) groups is 1. The molecule has 1 fully saturated rings. The number of nitrogens with two attached hydrogens (primary N) is 1. The van der Waals surface area contributed by atoms with Crippen molar-refractivity contribution in [3.63, 3.8) is 0 Å². The van der Waals surface area contributed by atoms with E-state index in [0.29, 0.717) is 24.7 Å². The smallest absolute Gasteiger partial charge is 0.246 e. The van der Waals surface area contributed by atoms with E-state index in [1.54, 1.807) is 12.3 Å². The number of piperidine rings is 1. The molecule has 9 heteroatoms. The van der Waals surface area contributed by atoms with Crippen LogP contribution in [-0.4, -0.2) is 77.0 Å². The van der Waals surface area contributed by atoms with Gasteiger partial charge in [0.2, 0.25) is 5.91 Å². The van der Waals surface area contributed by atoms with Crippen molar-refractivity contribution in [3.8, 4) is 11.5 Å². The third-order valence-electron chi connectivity index (χ3n) is 7.06. The molecule has 202 valence electrons. The van der Waals surface area contributed by atoms with E-state index in [4.69, 9.17) is 20.4 Å². The van der Waals surface area contributed by atoms with E-state index >= 15 is 0 Å². The SMILES string of the molecule is CN(C)CC=CC(=O)N1CCC(N2CCC=C(c3ccc(Oc4ccccc4)cn3)c3c(N)ncnc32)CC1. The van der Waals surface area contributed by atoms with Gasteiger partial charge in [-0.2, -0.15) is 0 Å². The molecule has 2 aliphatic rings. The summed E-state index contributed by atoms with van der Waals surface area (Å²) in [6.07, 6.45) is 11.6. The highest BCUT2D eigenvalue weighted by molar-refractivity contribution is 5.90. The highest BCUT2D eigenvalue weighted by atomic mass is 16.5. The van der Waals surface area contributed by atoms with Gasteiger partial charge in [-0.1, -0.05) is 30.4 Å². The average molecular weight is 526 g/mol. The fraction of sp³-hybridized carbons (Fsp3) is 0.333. The Labute approximate surface area is 229 Å². The zero-order valence-corrected chi connectivity index (χ0v) is 22.5. The predicted molar refractivity (Wildman–Crippen MR) is 154 cm³/mol. The van der Waals surface area contributed by atoms with Crippen molar-refractivity contribution in [3.05, 3.63) is 84.5 Å². The van der Waals surface area contributed by atoms with Crippen LogP contribution in [0.5, 0.6) is 11.5 Å². The first-order chi connectivity index (χ1) is 19.0. The molecular weight excluding hydrogens is 490 g/mol. The lowest BCUT2D eigenvalue weighted by molar-refractivity contribution is -0.127. The van der Waals surface area contributed by atoms with Crippen LogP contribution in [-0.2, 0) is 4.79 Å². The molecule has 4 heterocycles. The van der Waals surface area contributed by atoms with E-state index in [9.17, 15) is 4.79 Å². The number of nitrogen functional groups attached to an aromatic ring is 1. The Balaban J connectivity index is 1.32. The number of likely N-dealkylation sites (tertiary alicyclic amines) is 1. The second-order valence-electron chi connectivity index (χ2n) is 10.1. The number of amides is 1. The molecule has 1 saturated heterocycles. The van der Waals surface area contributed by atoms with Crippen LogP contribution in [0.3, 0.4) is 0 Å². The number of hydrogen-bond acceptors (Lipinski definition) is 8. The summed E-state index contributed by atoms with van der Waals surface area (Å²) in [6, 6.07) is 13.8. The zero-order chi connectivity index (χ0) is 27.2. The Morgan fingerprint density at radius 3 is 2.56 bits per heavy atom. The van der Waals surface area contributed by atoms with Crippen LogP contribution >= 0.6 is 0 Å². The number of pyridine rings is 1. The minimum absolute atomic E-state index is 0.0767. The van der Waals surface area contributed by atoms with Gasteiger partial charge in [0.15, 0.2) is 0 Å². The predicted octanol–water partition coefficient (Wildman–Crippen LogP) is 4.00. The maximum Gasteiger partial charge on any atom is 0.246 e. The number of rotatable bonds is 7. The number of likely N-dealkylation sites (N-methyl/N-ethyl adjacent to an activating group) is 1. The topological polar surface area (TPSA) is 101 Å². The quantitative estimate of drug-likeness (QED) is 0.462. The van der Waals surface area contributed by atoms with Gasteiger partial charge >= 0.3 is 0 Å². The minimum Gasteiger partial charge on any atom is -0.456 e. The first-order valence-electron chi connectivity index (χ1n) is 13.4. The molecule has 0 radical (unpaired) electrons. The van der Waals surface area contributed by atoms with Crippen molar-refractivity contribution in [1.29, 1.82) is 0 Å². The van der Waals surface area contributed by atoms with E-state index in [1.165, 1.54) is 6.33 Å². The second-order valence-corrected chi connectivity index (χ2v) is 10.1. The van der Waals surface area contributed by atoms with Crippen molar-refractivity contribution in [2.75, 3.05) is 50.9 Å². The molecule has 2 aromatic heterocycles. The van der Waals surface area contributed by atoms with Crippen LogP contribution < -0.4 is 15.4 Å². The molecule has 3 aromatic rings. The Bertz CT molecular complexity index is 1330. The van der Waals surface area contributed by atoms with Gasteiger partial charge in [0.25, 0.3) is 0 Å². The standard InChI is InChI=1S/C30H35N7O2/c1-35(2)16-7-11-27(38)36-18-14-22(15-19-36)37-17-6-10-25(28-29(31)33-21-34-30(28)37)26-13-12-24(20-32-26)39-23-8-4-3-5-9-23/h3-5,7-13,20-22H,6,14-19H2,1-2H3,(H2,31,33,34). The zero-order valence-electron chi connectivity index (χ0n) is 22.5. The van der Waals surface area contributed by atoms with Crippen LogP contribution in [0.1, 0.15) is 30.5 Å².